The Morgan fingerprint density at radius 2 is 1.97 bits per heavy atom. The van der Waals surface area contributed by atoms with Crippen LogP contribution in [-0.2, 0) is 16.1 Å². The Hall–Kier alpha value is -2.41. The Balaban J connectivity index is 1.69. The van der Waals surface area contributed by atoms with E-state index < -0.39 is 11.9 Å². The third-order valence-corrected chi connectivity index (χ3v) is 6.51. The van der Waals surface area contributed by atoms with Gasteiger partial charge in [0.15, 0.2) is 0 Å². The summed E-state index contributed by atoms with van der Waals surface area (Å²) in [5, 5.41) is 9.25. The minimum atomic E-state index is -1.38. The van der Waals surface area contributed by atoms with Crippen molar-refractivity contribution in [2.45, 2.75) is 52.1 Å². The molecule has 1 amide bonds. The van der Waals surface area contributed by atoms with Gasteiger partial charge in [0.1, 0.15) is 5.82 Å². The molecule has 3 atom stereocenters. The number of nitrogens with zero attached hydrogens (tertiary/aromatic N) is 4. The third kappa shape index (κ3) is 3.64. The number of aliphatic carboxylic acids is 1. The molecule has 0 bridgehead atoms. The number of amides is 1. The summed E-state index contributed by atoms with van der Waals surface area (Å²) in [6.45, 7) is 11.0. The molecule has 4 rings (SSSR count). The molecule has 1 aromatic heterocycles. The number of hydrogen-bond acceptors (Lipinski definition) is 4. The van der Waals surface area contributed by atoms with Gasteiger partial charge < -0.3 is 19.5 Å². The van der Waals surface area contributed by atoms with Crippen molar-refractivity contribution in [2.24, 2.45) is 5.92 Å². The first kappa shape index (κ1) is 19.9. The van der Waals surface area contributed by atoms with Gasteiger partial charge in [0.25, 0.3) is 0 Å². The summed E-state index contributed by atoms with van der Waals surface area (Å²) in [6.07, 6.45) is 1.76. The van der Waals surface area contributed by atoms with Gasteiger partial charge in [-0.3, -0.25) is 4.79 Å². The van der Waals surface area contributed by atoms with Crippen LogP contribution >= 0.6 is 0 Å². The number of aromatic nitrogens is 2. The molecule has 1 saturated heterocycles. The second-order valence-electron chi connectivity index (χ2n) is 8.63. The van der Waals surface area contributed by atoms with Gasteiger partial charge in [0, 0.05) is 32.1 Å². The summed E-state index contributed by atoms with van der Waals surface area (Å²) in [5.74, 6) is -0.411. The van der Waals surface area contributed by atoms with Crippen molar-refractivity contribution in [1.82, 2.24) is 19.4 Å². The zero-order chi connectivity index (χ0) is 20.7. The fourth-order valence-electron chi connectivity index (χ4n) is 4.92. The van der Waals surface area contributed by atoms with E-state index in [2.05, 4.69) is 42.4 Å². The van der Waals surface area contributed by atoms with Gasteiger partial charge >= 0.3 is 11.9 Å². The highest BCUT2D eigenvalue weighted by Crippen LogP contribution is 2.35. The Morgan fingerprint density at radius 1 is 1.17 bits per heavy atom. The lowest BCUT2D eigenvalue weighted by Crippen LogP contribution is -2.44. The van der Waals surface area contributed by atoms with E-state index >= 15 is 0 Å². The van der Waals surface area contributed by atoms with Crippen LogP contribution in [0.3, 0.4) is 0 Å². The Bertz CT molecular complexity index is 938. The first-order valence-electron chi connectivity index (χ1n) is 10.6. The molecule has 7 nitrogen and oxygen atoms in total. The molecule has 0 saturated carbocycles. The number of carboxylic acids is 1. The minimum Gasteiger partial charge on any atom is -0.474 e. The van der Waals surface area contributed by atoms with E-state index in [0.717, 1.165) is 61.4 Å². The van der Waals surface area contributed by atoms with Crippen LogP contribution in [0.25, 0.3) is 11.0 Å². The molecule has 1 fully saturated rings. The Labute approximate surface area is 171 Å². The first-order chi connectivity index (χ1) is 13.9. The average molecular weight is 399 g/mol. The maximum atomic E-state index is 12.3. The Morgan fingerprint density at radius 3 is 2.69 bits per heavy atom. The number of carbonyl (C=O) groups excluding carboxylic acids is 1. The Kier molecular flexibility index (Phi) is 5.34. The molecule has 1 aromatic carbocycles. The van der Waals surface area contributed by atoms with Crippen LogP contribution in [0.4, 0.5) is 0 Å². The number of rotatable bonds is 2. The van der Waals surface area contributed by atoms with Gasteiger partial charge in [0.2, 0.25) is 0 Å². The first-order valence-corrected chi connectivity index (χ1v) is 10.6. The maximum Gasteiger partial charge on any atom is 0.394 e. The number of benzene rings is 1. The largest absolute Gasteiger partial charge is 0.474 e. The average Bonchev–Trinajstić information content (AvgIpc) is 3.00. The van der Waals surface area contributed by atoms with E-state index in [0.29, 0.717) is 18.4 Å². The van der Waals surface area contributed by atoms with Crippen molar-refractivity contribution in [3.8, 4) is 0 Å². The molecule has 29 heavy (non-hydrogen) atoms. The van der Waals surface area contributed by atoms with Gasteiger partial charge in [-0.15, -0.1) is 0 Å². The van der Waals surface area contributed by atoms with Crippen LogP contribution in [-0.4, -0.2) is 62.5 Å². The van der Waals surface area contributed by atoms with Crippen LogP contribution in [0.1, 0.15) is 57.0 Å². The number of hydrogen-bond donors (Lipinski definition) is 1. The zero-order valence-corrected chi connectivity index (χ0v) is 17.5. The van der Waals surface area contributed by atoms with Crippen LogP contribution in [0.15, 0.2) is 18.2 Å². The SMILES string of the molecule is CCN1CCn2c(nc3cc([C@H]4CC[C@H](C)CN4C(=O)C(=O)O)ccc32)C(C)C1. The summed E-state index contributed by atoms with van der Waals surface area (Å²) in [7, 11) is 0. The number of likely N-dealkylation sites (N-methyl/N-ethyl adjacent to an activating group) is 1. The van der Waals surface area contributed by atoms with Crippen molar-refractivity contribution < 1.29 is 14.7 Å². The number of piperidine rings is 1. The van der Waals surface area contributed by atoms with Crippen LogP contribution < -0.4 is 0 Å². The minimum absolute atomic E-state index is 0.200. The molecule has 7 heteroatoms. The molecule has 1 unspecified atom stereocenters. The van der Waals surface area contributed by atoms with Gasteiger partial charge in [-0.2, -0.15) is 0 Å². The van der Waals surface area contributed by atoms with E-state index in [1.165, 1.54) is 4.90 Å². The number of carboxylic acid groups (broad SMARTS) is 1. The highest BCUT2D eigenvalue weighted by Gasteiger charge is 2.34. The number of fused-ring (bicyclic) bond motifs is 3. The van der Waals surface area contributed by atoms with Crippen molar-refractivity contribution in [1.29, 1.82) is 0 Å². The number of imidazole rings is 1. The fourth-order valence-corrected chi connectivity index (χ4v) is 4.92. The molecule has 156 valence electrons. The third-order valence-electron chi connectivity index (χ3n) is 6.51. The molecule has 2 aliphatic rings. The monoisotopic (exact) mass is 398 g/mol. The lowest BCUT2D eigenvalue weighted by molar-refractivity contribution is -0.158. The van der Waals surface area contributed by atoms with E-state index in [1.807, 2.05) is 6.07 Å². The quantitative estimate of drug-likeness (QED) is 0.787. The molecule has 0 radical (unpaired) electrons. The van der Waals surface area contributed by atoms with Gasteiger partial charge in [0.05, 0.1) is 17.1 Å². The van der Waals surface area contributed by atoms with Gasteiger partial charge in [-0.1, -0.05) is 26.8 Å². The van der Waals surface area contributed by atoms with Gasteiger partial charge in [-0.25, -0.2) is 9.78 Å². The topological polar surface area (TPSA) is 78.7 Å². The lowest BCUT2D eigenvalue weighted by Gasteiger charge is -2.38. The highest BCUT2D eigenvalue weighted by atomic mass is 16.4. The molecular weight excluding hydrogens is 368 g/mol. The predicted molar refractivity (Wildman–Crippen MR) is 111 cm³/mol. The number of carbonyl (C=O) groups is 2. The normalized spacial score (nSPS) is 25.6. The molecule has 2 aliphatic heterocycles. The summed E-state index contributed by atoms with van der Waals surface area (Å²) >= 11 is 0. The molecule has 3 heterocycles. The van der Waals surface area contributed by atoms with Gasteiger partial charge in [-0.05, 0) is 43.0 Å². The zero-order valence-electron chi connectivity index (χ0n) is 17.5. The lowest BCUT2D eigenvalue weighted by atomic mass is 9.89. The smallest absolute Gasteiger partial charge is 0.394 e. The van der Waals surface area contributed by atoms with Crippen LogP contribution in [0.5, 0.6) is 0 Å². The van der Waals surface area contributed by atoms with E-state index in [1.54, 1.807) is 0 Å². The van der Waals surface area contributed by atoms with Crippen molar-refractivity contribution in [3.05, 3.63) is 29.6 Å². The second kappa shape index (κ2) is 7.78. The van der Waals surface area contributed by atoms with E-state index in [9.17, 15) is 14.7 Å². The molecule has 2 aromatic rings. The molecule has 1 N–H and O–H groups in total. The summed E-state index contributed by atoms with van der Waals surface area (Å²) in [6, 6.07) is 6.00. The van der Waals surface area contributed by atoms with Crippen molar-refractivity contribution in [2.75, 3.05) is 26.2 Å². The van der Waals surface area contributed by atoms with Crippen LogP contribution in [0, 0.1) is 5.92 Å². The van der Waals surface area contributed by atoms with Crippen molar-refractivity contribution in [3.63, 3.8) is 0 Å². The molecule has 0 spiro atoms. The standard InChI is InChI=1S/C22H30N4O3/c1-4-24-9-10-25-19-8-6-16(11-17(19)23-20(25)15(3)13-24)18-7-5-14(2)12-26(18)21(27)22(28)29/h6,8,11,14-15,18H,4-5,7,9-10,12-13H2,1-3H3,(H,28,29)/t14-,15?,18+/m0/s1. The van der Waals surface area contributed by atoms with E-state index in [4.69, 9.17) is 4.98 Å². The summed E-state index contributed by atoms with van der Waals surface area (Å²) < 4.78 is 2.32. The number of likely N-dealkylation sites (tertiary alicyclic amines) is 1. The molecular formula is C22H30N4O3. The highest BCUT2D eigenvalue weighted by molar-refractivity contribution is 6.31. The van der Waals surface area contributed by atoms with E-state index in [-0.39, 0.29) is 6.04 Å². The molecule has 0 aliphatic carbocycles. The summed E-state index contributed by atoms with van der Waals surface area (Å²) in [5.41, 5.74) is 3.04. The van der Waals surface area contributed by atoms with Crippen LogP contribution in [0.2, 0.25) is 0 Å². The summed E-state index contributed by atoms with van der Waals surface area (Å²) in [4.78, 5) is 32.6. The predicted octanol–water partition coefficient (Wildman–Crippen LogP) is 2.86. The second-order valence-corrected chi connectivity index (χ2v) is 8.63. The maximum absolute atomic E-state index is 12.3. The fraction of sp³-hybridized carbons (Fsp3) is 0.591. The van der Waals surface area contributed by atoms with Crippen molar-refractivity contribution >= 4 is 22.9 Å².